The van der Waals surface area contributed by atoms with Crippen molar-refractivity contribution in [3.63, 3.8) is 0 Å². The lowest BCUT2D eigenvalue weighted by molar-refractivity contribution is 0.330. The third-order valence-electron chi connectivity index (χ3n) is 1.47. The van der Waals surface area contributed by atoms with Crippen molar-refractivity contribution in [1.29, 1.82) is 0 Å². The maximum atomic E-state index is 12.8. The van der Waals surface area contributed by atoms with Gasteiger partial charge in [-0.1, -0.05) is 15.9 Å². The summed E-state index contributed by atoms with van der Waals surface area (Å²) in [5.41, 5.74) is 0. The monoisotopic (exact) mass is 282 g/mol. The van der Waals surface area contributed by atoms with Crippen molar-refractivity contribution in [3.8, 4) is 5.75 Å². The molecule has 78 valence electrons. The van der Waals surface area contributed by atoms with E-state index in [0.29, 0.717) is 4.47 Å². The summed E-state index contributed by atoms with van der Waals surface area (Å²) in [6.45, 7) is 1.97. The average molecular weight is 283 g/mol. The van der Waals surface area contributed by atoms with E-state index in [2.05, 4.69) is 15.9 Å². The SMILES string of the molecule is CCOc1ccc(Br)cc1S(=O)(=O)F. The molecule has 0 saturated heterocycles. The van der Waals surface area contributed by atoms with Crippen LogP contribution >= 0.6 is 15.9 Å². The molecule has 6 heteroatoms. The Bertz CT molecular complexity index is 430. The number of rotatable bonds is 3. The van der Waals surface area contributed by atoms with E-state index in [4.69, 9.17) is 4.74 Å². The van der Waals surface area contributed by atoms with Gasteiger partial charge in [0.15, 0.2) is 0 Å². The fraction of sp³-hybridized carbons (Fsp3) is 0.250. The Kier molecular flexibility index (Phi) is 3.49. The lowest BCUT2D eigenvalue weighted by Gasteiger charge is -2.06. The van der Waals surface area contributed by atoms with E-state index in [0.717, 1.165) is 0 Å². The van der Waals surface area contributed by atoms with Gasteiger partial charge < -0.3 is 4.74 Å². The molecule has 0 N–H and O–H groups in total. The van der Waals surface area contributed by atoms with Crippen LogP contribution in [0.3, 0.4) is 0 Å². The van der Waals surface area contributed by atoms with E-state index in [1.54, 1.807) is 13.0 Å². The van der Waals surface area contributed by atoms with Crippen molar-refractivity contribution in [3.05, 3.63) is 22.7 Å². The normalized spacial score (nSPS) is 11.4. The predicted molar refractivity (Wildman–Crippen MR) is 53.6 cm³/mol. The Morgan fingerprint density at radius 3 is 2.64 bits per heavy atom. The minimum Gasteiger partial charge on any atom is -0.492 e. The number of halogens is 2. The molecule has 0 saturated carbocycles. The van der Waals surface area contributed by atoms with E-state index in [1.165, 1.54) is 12.1 Å². The van der Waals surface area contributed by atoms with Crippen LogP contribution in [-0.2, 0) is 10.2 Å². The second kappa shape index (κ2) is 4.27. The first kappa shape index (κ1) is 11.5. The predicted octanol–water partition coefficient (Wildman–Crippen LogP) is 2.51. The van der Waals surface area contributed by atoms with Crippen LogP contribution in [0.2, 0.25) is 0 Å². The molecule has 1 aromatic carbocycles. The summed E-state index contributed by atoms with van der Waals surface area (Å²) in [5.74, 6) is 0.0261. The lowest BCUT2D eigenvalue weighted by atomic mass is 10.3. The zero-order chi connectivity index (χ0) is 10.8. The highest BCUT2D eigenvalue weighted by Crippen LogP contribution is 2.28. The van der Waals surface area contributed by atoms with Crippen molar-refractivity contribution in [1.82, 2.24) is 0 Å². The third kappa shape index (κ3) is 2.68. The topological polar surface area (TPSA) is 43.4 Å². The van der Waals surface area contributed by atoms with Gasteiger partial charge in [-0.3, -0.25) is 0 Å². The molecule has 0 aromatic heterocycles. The molecule has 0 amide bonds. The lowest BCUT2D eigenvalue weighted by Crippen LogP contribution is -1.99. The van der Waals surface area contributed by atoms with Crippen LogP contribution in [-0.4, -0.2) is 15.0 Å². The fourth-order valence-corrected chi connectivity index (χ4v) is 2.09. The molecule has 0 atom stereocenters. The molecule has 1 rings (SSSR count). The Labute approximate surface area is 90.2 Å². The van der Waals surface area contributed by atoms with Gasteiger partial charge >= 0.3 is 10.2 Å². The minimum atomic E-state index is -4.73. The molecule has 0 fully saturated rings. The highest BCUT2D eigenvalue weighted by Gasteiger charge is 2.18. The molecule has 0 heterocycles. The summed E-state index contributed by atoms with van der Waals surface area (Å²) in [6.07, 6.45) is 0. The van der Waals surface area contributed by atoms with Crippen LogP contribution in [0.4, 0.5) is 3.89 Å². The summed E-state index contributed by atoms with van der Waals surface area (Å²) in [4.78, 5) is -0.450. The summed E-state index contributed by atoms with van der Waals surface area (Å²) in [6, 6.07) is 4.15. The summed E-state index contributed by atoms with van der Waals surface area (Å²) in [5, 5.41) is 0. The minimum absolute atomic E-state index is 0.0261. The van der Waals surface area contributed by atoms with E-state index in [1.807, 2.05) is 0 Å². The number of hydrogen-bond donors (Lipinski definition) is 0. The zero-order valence-electron chi connectivity index (χ0n) is 7.33. The van der Waals surface area contributed by atoms with Crippen LogP contribution in [0.25, 0.3) is 0 Å². The zero-order valence-corrected chi connectivity index (χ0v) is 9.73. The second-order valence-electron chi connectivity index (χ2n) is 2.46. The molecule has 3 nitrogen and oxygen atoms in total. The largest absolute Gasteiger partial charge is 0.492 e. The summed E-state index contributed by atoms with van der Waals surface area (Å²) >= 11 is 3.05. The Balaban J connectivity index is 3.30. The van der Waals surface area contributed by atoms with Crippen LogP contribution in [0.1, 0.15) is 6.92 Å². The molecule has 0 bridgehead atoms. The van der Waals surface area contributed by atoms with E-state index >= 15 is 0 Å². The van der Waals surface area contributed by atoms with Gasteiger partial charge in [0.25, 0.3) is 0 Å². The summed E-state index contributed by atoms with van der Waals surface area (Å²) < 4.78 is 39.6. The molecular formula is C8H8BrFO3S. The van der Waals surface area contributed by atoms with Gasteiger partial charge in [-0.15, -0.1) is 3.89 Å². The molecule has 1 aromatic rings. The fourth-order valence-electron chi connectivity index (χ4n) is 0.947. The summed E-state index contributed by atoms with van der Waals surface area (Å²) in [7, 11) is -4.73. The molecule has 14 heavy (non-hydrogen) atoms. The maximum Gasteiger partial charge on any atom is 0.335 e. The first-order valence-electron chi connectivity index (χ1n) is 3.82. The second-order valence-corrected chi connectivity index (χ2v) is 4.69. The molecular weight excluding hydrogens is 275 g/mol. The van der Waals surface area contributed by atoms with Crippen molar-refractivity contribution in [2.24, 2.45) is 0 Å². The molecule has 0 spiro atoms. The van der Waals surface area contributed by atoms with E-state index in [9.17, 15) is 12.3 Å². The van der Waals surface area contributed by atoms with E-state index in [-0.39, 0.29) is 12.4 Å². The third-order valence-corrected chi connectivity index (χ3v) is 2.81. The standard InChI is InChI=1S/C8H8BrFO3S/c1-2-13-7-4-3-6(9)5-8(7)14(10,11)12/h3-5H,2H2,1H3. The first-order valence-corrected chi connectivity index (χ1v) is 6.00. The molecule has 0 unspecified atom stereocenters. The van der Waals surface area contributed by atoms with Gasteiger partial charge in [0.1, 0.15) is 10.6 Å². The van der Waals surface area contributed by atoms with Crippen molar-refractivity contribution in [2.45, 2.75) is 11.8 Å². The van der Waals surface area contributed by atoms with Gasteiger partial charge in [-0.05, 0) is 25.1 Å². The maximum absolute atomic E-state index is 12.8. The van der Waals surface area contributed by atoms with Crippen LogP contribution in [0.15, 0.2) is 27.6 Å². The van der Waals surface area contributed by atoms with Gasteiger partial charge in [-0.2, -0.15) is 8.42 Å². The molecule has 0 aliphatic rings. The van der Waals surface area contributed by atoms with Crippen molar-refractivity contribution >= 4 is 26.2 Å². The Morgan fingerprint density at radius 1 is 1.50 bits per heavy atom. The number of ether oxygens (including phenoxy) is 1. The van der Waals surface area contributed by atoms with Gasteiger partial charge in [0.05, 0.1) is 6.61 Å². The highest BCUT2D eigenvalue weighted by molar-refractivity contribution is 9.10. The van der Waals surface area contributed by atoms with Crippen molar-refractivity contribution in [2.75, 3.05) is 6.61 Å². The molecule has 0 radical (unpaired) electrons. The first-order chi connectivity index (χ1) is 6.45. The number of hydrogen-bond acceptors (Lipinski definition) is 3. The smallest absolute Gasteiger partial charge is 0.335 e. The Morgan fingerprint density at radius 2 is 2.14 bits per heavy atom. The van der Waals surface area contributed by atoms with Gasteiger partial charge in [0, 0.05) is 4.47 Å². The van der Waals surface area contributed by atoms with Crippen LogP contribution in [0, 0.1) is 0 Å². The van der Waals surface area contributed by atoms with Crippen LogP contribution < -0.4 is 4.74 Å². The van der Waals surface area contributed by atoms with Gasteiger partial charge in [-0.25, -0.2) is 0 Å². The Hall–Kier alpha value is -0.620. The molecule has 0 aliphatic heterocycles. The average Bonchev–Trinajstić information content (AvgIpc) is 2.07. The highest BCUT2D eigenvalue weighted by atomic mass is 79.9. The van der Waals surface area contributed by atoms with E-state index < -0.39 is 15.1 Å². The number of benzene rings is 1. The van der Waals surface area contributed by atoms with Crippen LogP contribution in [0.5, 0.6) is 5.75 Å². The quantitative estimate of drug-likeness (QED) is 0.800. The molecule has 0 aliphatic carbocycles. The van der Waals surface area contributed by atoms with Gasteiger partial charge in [0.2, 0.25) is 0 Å². The van der Waals surface area contributed by atoms with Crippen molar-refractivity contribution < 1.29 is 17.0 Å².